The third-order valence-electron chi connectivity index (χ3n) is 5.40. The van der Waals surface area contributed by atoms with Crippen LogP contribution in [0.15, 0.2) is 54.6 Å². The zero-order chi connectivity index (χ0) is 20.4. The first-order valence-electron chi connectivity index (χ1n) is 9.47. The van der Waals surface area contributed by atoms with Crippen molar-refractivity contribution in [3.8, 4) is 0 Å². The number of hydrogen-bond acceptors (Lipinski definition) is 4. The molecule has 0 aromatic heterocycles. The number of rotatable bonds is 6. The molecule has 1 fully saturated rings. The predicted octanol–water partition coefficient (Wildman–Crippen LogP) is 3.88. The molecule has 148 valence electrons. The number of carbonyl (C=O) groups excluding carboxylic acids is 1. The molecule has 1 aliphatic rings. The molecule has 1 saturated heterocycles. The first kappa shape index (κ1) is 20.9. The molecule has 0 aliphatic carbocycles. The van der Waals surface area contributed by atoms with E-state index < -0.39 is 18.5 Å². The molecule has 0 N–H and O–H groups in total. The van der Waals surface area contributed by atoms with Gasteiger partial charge in [0.15, 0.2) is 0 Å². The quantitative estimate of drug-likeness (QED) is 0.419. The van der Waals surface area contributed by atoms with Crippen LogP contribution in [0.1, 0.15) is 38.8 Å². The van der Waals surface area contributed by atoms with Crippen LogP contribution in [-0.2, 0) is 31.9 Å². The molecular weight excluding hydrogens is 375 g/mol. The Labute approximate surface area is 172 Å². The predicted molar refractivity (Wildman–Crippen MR) is 112 cm³/mol. The highest BCUT2D eigenvalue weighted by molar-refractivity contribution is 6.62. The van der Waals surface area contributed by atoms with Gasteiger partial charge in [-0.2, -0.15) is 0 Å². The summed E-state index contributed by atoms with van der Waals surface area (Å²) in [7, 11) is -0.401. The van der Waals surface area contributed by atoms with Crippen LogP contribution < -0.4 is 5.46 Å². The van der Waals surface area contributed by atoms with E-state index in [-0.39, 0.29) is 17.8 Å². The summed E-state index contributed by atoms with van der Waals surface area (Å²) in [4.78, 5) is 12.1. The Balaban J connectivity index is 1.54. The van der Waals surface area contributed by atoms with Crippen molar-refractivity contribution in [1.29, 1.82) is 0 Å². The van der Waals surface area contributed by atoms with E-state index in [2.05, 4.69) is 0 Å². The molecule has 0 bridgehead atoms. The van der Waals surface area contributed by atoms with Crippen LogP contribution in [0.25, 0.3) is 0 Å². The molecule has 2 aromatic rings. The monoisotopic (exact) mass is 400 g/mol. The molecule has 2 aromatic carbocycles. The number of carbonyl (C=O) groups is 1. The molecular formula is C22H26BClO4. The van der Waals surface area contributed by atoms with Gasteiger partial charge in [-0.1, -0.05) is 54.6 Å². The van der Waals surface area contributed by atoms with Gasteiger partial charge in [-0.3, -0.25) is 4.79 Å². The first-order chi connectivity index (χ1) is 13.2. The molecule has 28 heavy (non-hydrogen) atoms. The van der Waals surface area contributed by atoms with Crippen molar-refractivity contribution in [2.24, 2.45) is 0 Å². The average molecular weight is 401 g/mol. The summed E-state index contributed by atoms with van der Waals surface area (Å²) in [6.07, 6.45) is 0.402. The van der Waals surface area contributed by atoms with E-state index in [1.54, 1.807) is 0 Å². The Morgan fingerprint density at radius 3 is 2.11 bits per heavy atom. The second kappa shape index (κ2) is 8.28. The SMILES string of the molecule is CC1(C)OB(c2ccc(CC(Cl)C(=O)OCc3ccccc3)cc2)OC1(C)C. The van der Waals surface area contributed by atoms with E-state index in [1.807, 2.05) is 82.3 Å². The second-order valence-corrected chi connectivity index (χ2v) is 8.62. The molecule has 1 aliphatic heterocycles. The molecule has 0 spiro atoms. The van der Waals surface area contributed by atoms with E-state index in [9.17, 15) is 4.79 Å². The lowest BCUT2D eigenvalue weighted by Gasteiger charge is -2.32. The second-order valence-electron chi connectivity index (χ2n) is 8.09. The van der Waals surface area contributed by atoms with Gasteiger partial charge in [0, 0.05) is 0 Å². The van der Waals surface area contributed by atoms with E-state index in [0.29, 0.717) is 6.42 Å². The molecule has 6 heteroatoms. The van der Waals surface area contributed by atoms with Crippen molar-refractivity contribution in [2.75, 3.05) is 0 Å². The van der Waals surface area contributed by atoms with Crippen LogP contribution in [-0.4, -0.2) is 29.7 Å². The Kier molecular flexibility index (Phi) is 6.18. The van der Waals surface area contributed by atoms with Gasteiger partial charge in [-0.05, 0) is 50.7 Å². The highest BCUT2D eigenvalue weighted by atomic mass is 35.5. The summed E-state index contributed by atoms with van der Waals surface area (Å²) in [6.45, 7) is 8.34. The zero-order valence-electron chi connectivity index (χ0n) is 16.8. The summed E-state index contributed by atoms with van der Waals surface area (Å²) in [6, 6.07) is 17.3. The van der Waals surface area contributed by atoms with Crippen molar-refractivity contribution in [1.82, 2.24) is 0 Å². The molecule has 4 nitrogen and oxygen atoms in total. The summed E-state index contributed by atoms with van der Waals surface area (Å²) in [5, 5.41) is -0.730. The van der Waals surface area contributed by atoms with Crippen LogP contribution in [0, 0.1) is 0 Å². The minimum atomic E-state index is -0.730. The lowest BCUT2D eigenvalue weighted by atomic mass is 9.78. The zero-order valence-corrected chi connectivity index (χ0v) is 17.5. The van der Waals surface area contributed by atoms with Crippen LogP contribution >= 0.6 is 11.6 Å². The average Bonchev–Trinajstić information content (AvgIpc) is 2.88. The fraction of sp³-hybridized carbons (Fsp3) is 0.409. The van der Waals surface area contributed by atoms with Crippen LogP contribution in [0.3, 0.4) is 0 Å². The molecule has 3 rings (SSSR count). The van der Waals surface area contributed by atoms with Gasteiger partial charge in [-0.25, -0.2) is 0 Å². The molecule has 1 atom stereocenters. The van der Waals surface area contributed by atoms with Crippen molar-refractivity contribution in [2.45, 2.75) is 57.3 Å². The standard InChI is InChI=1S/C22H26BClO4/c1-21(2)22(3,4)28-23(27-21)18-12-10-16(11-13-18)14-19(24)20(25)26-15-17-8-6-5-7-9-17/h5-13,19H,14-15H2,1-4H3. The third-order valence-corrected chi connectivity index (χ3v) is 5.73. The van der Waals surface area contributed by atoms with Crippen molar-refractivity contribution in [3.05, 3.63) is 65.7 Å². The number of hydrogen-bond donors (Lipinski definition) is 0. The van der Waals surface area contributed by atoms with Gasteiger partial charge < -0.3 is 14.0 Å². The van der Waals surface area contributed by atoms with Gasteiger partial charge in [0.1, 0.15) is 12.0 Å². The van der Waals surface area contributed by atoms with E-state index in [4.69, 9.17) is 25.6 Å². The summed E-state index contributed by atoms with van der Waals surface area (Å²) < 4.78 is 17.4. The van der Waals surface area contributed by atoms with Gasteiger partial charge in [0.2, 0.25) is 0 Å². The minimum absolute atomic E-state index is 0.226. The normalized spacial score (nSPS) is 18.7. The minimum Gasteiger partial charge on any atom is -0.460 e. The van der Waals surface area contributed by atoms with Crippen molar-refractivity contribution < 1.29 is 18.8 Å². The van der Waals surface area contributed by atoms with Gasteiger partial charge in [-0.15, -0.1) is 11.6 Å². The first-order valence-corrected chi connectivity index (χ1v) is 9.91. The highest BCUT2D eigenvalue weighted by Crippen LogP contribution is 2.36. The number of halogens is 1. The molecule has 1 unspecified atom stereocenters. The van der Waals surface area contributed by atoms with Crippen LogP contribution in [0.5, 0.6) is 0 Å². The summed E-state index contributed by atoms with van der Waals surface area (Å²) in [5.74, 6) is -0.416. The van der Waals surface area contributed by atoms with Gasteiger partial charge >= 0.3 is 13.1 Å². The maximum atomic E-state index is 12.1. The Hall–Kier alpha value is -1.82. The van der Waals surface area contributed by atoms with E-state index >= 15 is 0 Å². The Morgan fingerprint density at radius 1 is 0.964 bits per heavy atom. The van der Waals surface area contributed by atoms with Crippen LogP contribution in [0.4, 0.5) is 0 Å². The van der Waals surface area contributed by atoms with E-state index in [1.165, 1.54) is 0 Å². The topological polar surface area (TPSA) is 44.8 Å². The van der Waals surface area contributed by atoms with Gasteiger partial charge in [0.25, 0.3) is 0 Å². The Morgan fingerprint density at radius 2 is 1.54 bits per heavy atom. The number of alkyl halides is 1. The third kappa shape index (κ3) is 4.77. The van der Waals surface area contributed by atoms with Gasteiger partial charge in [0.05, 0.1) is 11.2 Å². The fourth-order valence-corrected chi connectivity index (χ4v) is 3.14. The largest absolute Gasteiger partial charge is 0.494 e. The number of esters is 1. The van der Waals surface area contributed by atoms with Crippen LogP contribution in [0.2, 0.25) is 0 Å². The lowest BCUT2D eigenvalue weighted by Crippen LogP contribution is -2.41. The maximum absolute atomic E-state index is 12.1. The smallest absolute Gasteiger partial charge is 0.460 e. The summed E-state index contributed by atoms with van der Waals surface area (Å²) >= 11 is 6.25. The van der Waals surface area contributed by atoms with Crippen molar-refractivity contribution >= 4 is 30.2 Å². The Bertz CT molecular complexity index is 789. The molecule has 0 amide bonds. The molecule has 0 radical (unpaired) electrons. The maximum Gasteiger partial charge on any atom is 0.494 e. The van der Waals surface area contributed by atoms with E-state index in [0.717, 1.165) is 16.6 Å². The lowest BCUT2D eigenvalue weighted by molar-refractivity contribution is -0.144. The fourth-order valence-electron chi connectivity index (χ4n) is 2.90. The molecule has 1 heterocycles. The molecule has 0 saturated carbocycles. The van der Waals surface area contributed by atoms with Crippen molar-refractivity contribution in [3.63, 3.8) is 0 Å². The number of ether oxygens (including phenoxy) is 1. The highest BCUT2D eigenvalue weighted by Gasteiger charge is 2.51. The summed E-state index contributed by atoms with van der Waals surface area (Å²) in [5.41, 5.74) is 2.09. The number of benzene rings is 2.